The van der Waals surface area contributed by atoms with Crippen molar-refractivity contribution in [2.24, 2.45) is 39.9 Å². The highest BCUT2D eigenvalue weighted by molar-refractivity contribution is 5.97. The third kappa shape index (κ3) is 15.3. The first kappa shape index (κ1) is 47.9. The van der Waals surface area contributed by atoms with Crippen LogP contribution in [-0.4, -0.2) is 113 Å². The van der Waals surface area contributed by atoms with Crippen molar-refractivity contribution in [3.05, 3.63) is 35.9 Å². The number of carboxylic acids is 1. The third-order valence-electron chi connectivity index (χ3n) is 10.3. The van der Waals surface area contributed by atoms with Gasteiger partial charge in [-0.2, -0.15) is 0 Å². The zero-order valence-electron chi connectivity index (χ0n) is 34.1. The number of benzene rings is 1. The van der Waals surface area contributed by atoms with Crippen LogP contribution in [0.3, 0.4) is 0 Å². The number of likely N-dealkylation sites (tertiary alicyclic amines) is 1. The van der Waals surface area contributed by atoms with Crippen LogP contribution in [0.5, 0.6) is 0 Å². The standard InChI is InChI=1S/C39H64N10O8/c1-7-23(5)31(37(55)48-32(24(6)8-2)36(54)46-30(22(3)4)38(56)57)47-34(52)27(20-25-14-10-9-11-15-25)45-35(53)28-17-13-19-49(28)29(50)21-44-33(51)26(40)16-12-18-43-39(41)42/h9-11,14-15,22-24,26-28,30-32H,7-8,12-13,16-21,40H2,1-6H3,(H,44,51)(H,45,53)(H,46,54)(H,47,52)(H,48,55)(H,56,57)(H4,41,42,43). The molecule has 8 atom stereocenters. The number of guanidine groups is 1. The van der Waals surface area contributed by atoms with E-state index in [1.54, 1.807) is 52.0 Å². The van der Waals surface area contributed by atoms with Crippen LogP contribution in [0, 0.1) is 17.8 Å². The van der Waals surface area contributed by atoms with Gasteiger partial charge in [0.25, 0.3) is 0 Å². The Morgan fingerprint density at radius 3 is 1.91 bits per heavy atom. The molecular weight excluding hydrogens is 736 g/mol. The van der Waals surface area contributed by atoms with Gasteiger partial charge in [-0.05, 0) is 49.0 Å². The molecule has 1 aromatic rings. The maximum Gasteiger partial charge on any atom is 0.326 e. The molecule has 0 aromatic heterocycles. The van der Waals surface area contributed by atoms with Gasteiger partial charge in [-0.15, -0.1) is 0 Å². The molecule has 318 valence electrons. The number of nitrogens with one attached hydrogen (secondary N) is 5. The van der Waals surface area contributed by atoms with E-state index in [4.69, 9.17) is 17.2 Å². The van der Waals surface area contributed by atoms with Crippen molar-refractivity contribution in [3.8, 4) is 0 Å². The summed E-state index contributed by atoms with van der Waals surface area (Å²) < 4.78 is 0. The number of carbonyl (C=O) groups excluding carboxylic acids is 6. The van der Waals surface area contributed by atoms with Gasteiger partial charge in [-0.3, -0.25) is 33.8 Å². The van der Waals surface area contributed by atoms with Gasteiger partial charge in [-0.1, -0.05) is 84.7 Å². The quantitative estimate of drug-likeness (QED) is 0.0386. The van der Waals surface area contributed by atoms with E-state index in [0.29, 0.717) is 38.6 Å². The maximum atomic E-state index is 14.1. The molecule has 1 aliphatic rings. The van der Waals surface area contributed by atoms with Gasteiger partial charge in [0.2, 0.25) is 35.4 Å². The maximum absolute atomic E-state index is 14.1. The Labute approximate surface area is 335 Å². The lowest BCUT2D eigenvalue weighted by Crippen LogP contribution is -2.61. The SMILES string of the molecule is CCC(C)C(NC(=O)C(Cc1ccccc1)NC(=O)C1CCCN1C(=O)CNC(=O)C(N)CCCN=C(N)N)C(=O)NC(C(=O)NC(C(=O)O)C(C)C)C(C)CC. The van der Waals surface area contributed by atoms with Crippen molar-refractivity contribution in [3.63, 3.8) is 0 Å². The van der Waals surface area contributed by atoms with Crippen LogP contribution >= 0.6 is 0 Å². The fourth-order valence-corrected chi connectivity index (χ4v) is 6.37. The molecule has 0 spiro atoms. The van der Waals surface area contributed by atoms with Gasteiger partial charge in [0.15, 0.2) is 5.96 Å². The zero-order valence-corrected chi connectivity index (χ0v) is 34.1. The average Bonchev–Trinajstić information content (AvgIpc) is 3.68. The fraction of sp³-hybridized carbons (Fsp3) is 0.641. The second kappa shape index (κ2) is 23.7. The average molecular weight is 801 g/mol. The Kier molecular flexibility index (Phi) is 19.9. The molecule has 18 heteroatoms. The molecule has 1 aromatic carbocycles. The number of hydrogen-bond acceptors (Lipinski definition) is 9. The minimum Gasteiger partial charge on any atom is -0.480 e. The summed E-state index contributed by atoms with van der Waals surface area (Å²) in [5.74, 6) is -6.01. The summed E-state index contributed by atoms with van der Waals surface area (Å²) >= 11 is 0. The fourth-order valence-electron chi connectivity index (χ4n) is 6.37. The first-order chi connectivity index (χ1) is 26.9. The van der Waals surface area contributed by atoms with Gasteiger partial charge in [0.1, 0.15) is 30.2 Å². The molecular formula is C39H64N10O8. The summed E-state index contributed by atoms with van der Waals surface area (Å²) in [6.45, 7) is 10.7. The highest BCUT2D eigenvalue weighted by Gasteiger charge is 2.38. The monoisotopic (exact) mass is 800 g/mol. The minimum absolute atomic E-state index is 0.0642. The van der Waals surface area contributed by atoms with Crippen LogP contribution in [0.2, 0.25) is 0 Å². The van der Waals surface area contributed by atoms with Crippen LogP contribution in [-0.2, 0) is 40.0 Å². The van der Waals surface area contributed by atoms with Crippen LogP contribution < -0.4 is 43.8 Å². The lowest BCUT2D eigenvalue weighted by atomic mass is 9.94. The molecule has 57 heavy (non-hydrogen) atoms. The molecule has 0 radical (unpaired) electrons. The second-order valence-corrected chi connectivity index (χ2v) is 15.1. The predicted molar refractivity (Wildman–Crippen MR) is 215 cm³/mol. The van der Waals surface area contributed by atoms with Crippen molar-refractivity contribution in [2.45, 2.75) is 123 Å². The Hall–Kier alpha value is -5.26. The van der Waals surface area contributed by atoms with Crippen LogP contribution in [0.1, 0.15) is 85.6 Å². The number of aliphatic imine (C=N–C) groups is 1. The number of carbonyl (C=O) groups is 7. The number of amides is 6. The number of carboxylic acid groups (broad SMARTS) is 1. The molecule has 8 unspecified atom stereocenters. The number of nitrogens with two attached hydrogens (primary N) is 3. The highest BCUT2D eigenvalue weighted by atomic mass is 16.4. The molecule has 1 saturated heterocycles. The van der Waals surface area contributed by atoms with E-state index in [-0.39, 0.29) is 37.8 Å². The second-order valence-electron chi connectivity index (χ2n) is 15.1. The molecule has 1 heterocycles. The molecule has 12 N–H and O–H groups in total. The van der Waals surface area contributed by atoms with Gasteiger partial charge in [0, 0.05) is 19.5 Å². The topological polar surface area (TPSA) is 294 Å². The van der Waals surface area contributed by atoms with Crippen molar-refractivity contribution >= 4 is 47.4 Å². The number of rotatable bonds is 23. The molecule has 0 aliphatic carbocycles. The normalized spacial score (nSPS) is 17.5. The predicted octanol–water partition coefficient (Wildman–Crippen LogP) is -0.511. The van der Waals surface area contributed by atoms with E-state index in [0.717, 1.165) is 5.56 Å². The van der Waals surface area contributed by atoms with E-state index < -0.39 is 89.5 Å². The molecule has 0 saturated carbocycles. The molecule has 0 bridgehead atoms. The molecule has 2 rings (SSSR count). The van der Waals surface area contributed by atoms with Gasteiger partial charge in [0.05, 0.1) is 12.6 Å². The van der Waals surface area contributed by atoms with Gasteiger partial charge < -0.3 is 53.8 Å². The number of nitrogens with zero attached hydrogens (tertiary/aromatic N) is 2. The summed E-state index contributed by atoms with van der Waals surface area (Å²) in [6, 6.07) is 2.62. The molecule has 1 fully saturated rings. The van der Waals surface area contributed by atoms with E-state index in [1.165, 1.54) is 4.90 Å². The van der Waals surface area contributed by atoms with Crippen LogP contribution in [0.25, 0.3) is 0 Å². The molecule has 6 amide bonds. The Morgan fingerprint density at radius 1 is 0.825 bits per heavy atom. The summed E-state index contributed by atoms with van der Waals surface area (Å²) in [5, 5.41) is 23.1. The summed E-state index contributed by atoms with van der Waals surface area (Å²) in [5.41, 5.74) is 17.3. The lowest BCUT2D eigenvalue weighted by Gasteiger charge is -2.31. The summed E-state index contributed by atoms with van der Waals surface area (Å²) in [6.07, 6.45) is 2.62. The van der Waals surface area contributed by atoms with Crippen molar-refractivity contribution in [1.82, 2.24) is 31.5 Å². The Morgan fingerprint density at radius 2 is 1.39 bits per heavy atom. The van der Waals surface area contributed by atoms with E-state index in [9.17, 15) is 38.7 Å². The first-order valence-corrected chi connectivity index (χ1v) is 19.8. The number of aliphatic carboxylic acids is 1. The first-order valence-electron chi connectivity index (χ1n) is 19.8. The smallest absolute Gasteiger partial charge is 0.326 e. The summed E-state index contributed by atoms with van der Waals surface area (Å²) in [4.78, 5) is 98.1. The van der Waals surface area contributed by atoms with Gasteiger partial charge in [-0.25, -0.2) is 4.79 Å². The Balaban J connectivity index is 2.24. The van der Waals surface area contributed by atoms with Gasteiger partial charge >= 0.3 is 5.97 Å². The van der Waals surface area contributed by atoms with Crippen molar-refractivity contribution < 1.29 is 38.7 Å². The highest BCUT2D eigenvalue weighted by Crippen LogP contribution is 2.19. The van der Waals surface area contributed by atoms with Crippen molar-refractivity contribution in [2.75, 3.05) is 19.6 Å². The van der Waals surface area contributed by atoms with E-state index in [1.807, 2.05) is 19.9 Å². The largest absolute Gasteiger partial charge is 0.480 e. The van der Waals surface area contributed by atoms with Crippen molar-refractivity contribution in [1.29, 1.82) is 0 Å². The molecule has 1 aliphatic heterocycles. The zero-order chi connectivity index (χ0) is 42.8. The minimum atomic E-state index is -1.20. The number of hydrogen-bond donors (Lipinski definition) is 9. The molecule has 18 nitrogen and oxygen atoms in total. The lowest BCUT2D eigenvalue weighted by molar-refractivity contribution is -0.144. The van der Waals surface area contributed by atoms with Crippen LogP contribution in [0.4, 0.5) is 0 Å². The summed E-state index contributed by atoms with van der Waals surface area (Å²) in [7, 11) is 0. The third-order valence-corrected chi connectivity index (χ3v) is 10.3. The van der Waals surface area contributed by atoms with E-state index >= 15 is 0 Å². The Bertz CT molecular complexity index is 1550. The van der Waals surface area contributed by atoms with Crippen LogP contribution in [0.15, 0.2) is 35.3 Å². The van der Waals surface area contributed by atoms with E-state index in [2.05, 4.69) is 31.6 Å².